The Labute approximate surface area is 106 Å². The summed E-state index contributed by atoms with van der Waals surface area (Å²) >= 11 is 1.54. The molecule has 0 saturated carbocycles. The van der Waals surface area contributed by atoms with Crippen molar-refractivity contribution in [1.82, 2.24) is 5.32 Å². The molecule has 17 heavy (non-hydrogen) atoms. The molecule has 0 bridgehead atoms. The van der Waals surface area contributed by atoms with E-state index in [2.05, 4.69) is 5.32 Å². The van der Waals surface area contributed by atoms with E-state index in [1.165, 1.54) is 0 Å². The number of hydrogen-bond acceptors (Lipinski definition) is 4. The molecule has 1 rings (SSSR count). The van der Waals surface area contributed by atoms with Gasteiger partial charge in [0.1, 0.15) is 5.75 Å². The summed E-state index contributed by atoms with van der Waals surface area (Å²) in [6, 6.07) is 7.65. The Bertz CT molecular complexity index is 358. The van der Waals surface area contributed by atoms with Gasteiger partial charge in [-0.05, 0) is 17.7 Å². The van der Waals surface area contributed by atoms with Crippen molar-refractivity contribution in [1.29, 1.82) is 0 Å². The van der Waals surface area contributed by atoms with Gasteiger partial charge in [-0.2, -0.15) is 11.8 Å². The van der Waals surface area contributed by atoms with Crippen LogP contribution >= 0.6 is 11.8 Å². The highest BCUT2D eigenvalue weighted by Crippen LogP contribution is 2.12. The zero-order valence-corrected chi connectivity index (χ0v) is 10.8. The van der Waals surface area contributed by atoms with Crippen molar-refractivity contribution in [3.8, 4) is 5.75 Å². The van der Waals surface area contributed by atoms with Gasteiger partial charge in [0.05, 0.1) is 12.9 Å². The Morgan fingerprint density at radius 2 is 2.35 bits per heavy atom. The van der Waals surface area contributed by atoms with Crippen LogP contribution in [0.15, 0.2) is 24.3 Å². The number of nitrogens with one attached hydrogen (secondary N) is 1. The molecular formula is C12H18N2O2S. The lowest BCUT2D eigenvalue weighted by atomic mass is 10.2. The smallest absolute Gasteiger partial charge is 0.230 e. The topological polar surface area (TPSA) is 64.3 Å². The number of hydrogen-bond donors (Lipinski definition) is 2. The van der Waals surface area contributed by atoms with Gasteiger partial charge in [-0.1, -0.05) is 12.1 Å². The number of carbonyl (C=O) groups excluding carboxylic acids is 1. The number of methoxy groups -OCH3 is 1. The van der Waals surface area contributed by atoms with Gasteiger partial charge in [0.15, 0.2) is 0 Å². The van der Waals surface area contributed by atoms with Crippen LogP contribution < -0.4 is 15.8 Å². The molecule has 0 aliphatic rings. The van der Waals surface area contributed by atoms with Crippen LogP contribution in [-0.2, 0) is 11.3 Å². The minimum Gasteiger partial charge on any atom is -0.497 e. The molecule has 94 valence electrons. The van der Waals surface area contributed by atoms with Gasteiger partial charge >= 0.3 is 0 Å². The number of benzene rings is 1. The highest BCUT2D eigenvalue weighted by Gasteiger charge is 2.01. The predicted octanol–water partition coefficient (Wildman–Crippen LogP) is 1.00. The number of amides is 1. The number of thioether (sulfide) groups is 1. The van der Waals surface area contributed by atoms with E-state index in [4.69, 9.17) is 10.5 Å². The van der Waals surface area contributed by atoms with Crippen molar-refractivity contribution in [2.45, 2.75) is 6.54 Å². The van der Waals surface area contributed by atoms with Crippen LogP contribution in [0.25, 0.3) is 0 Å². The molecule has 4 nitrogen and oxygen atoms in total. The molecule has 1 amide bonds. The number of ether oxygens (including phenoxy) is 1. The fraction of sp³-hybridized carbons (Fsp3) is 0.417. The van der Waals surface area contributed by atoms with Crippen LogP contribution in [0.3, 0.4) is 0 Å². The summed E-state index contributed by atoms with van der Waals surface area (Å²) in [5, 5.41) is 2.85. The maximum Gasteiger partial charge on any atom is 0.230 e. The summed E-state index contributed by atoms with van der Waals surface area (Å²) in [4.78, 5) is 11.4. The number of nitrogens with two attached hydrogens (primary N) is 1. The average Bonchev–Trinajstić information content (AvgIpc) is 2.37. The average molecular weight is 254 g/mol. The van der Waals surface area contributed by atoms with Gasteiger partial charge in [0.2, 0.25) is 5.91 Å². The molecule has 5 heteroatoms. The first-order valence-electron chi connectivity index (χ1n) is 5.43. The Morgan fingerprint density at radius 3 is 3.06 bits per heavy atom. The van der Waals surface area contributed by atoms with Crippen molar-refractivity contribution in [3.63, 3.8) is 0 Å². The molecule has 0 spiro atoms. The van der Waals surface area contributed by atoms with Crippen molar-refractivity contribution >= 4 is 17.7 Å². The lowest BCUT2D eigenvalue weighted by molar-refractivity contribution is -0.118. The van der Waals surface area contributed by atoms with E-state index in [9.17, 15) is 4.79 Å². The van der Waals surface area contributed by atoms with E-state index in [0.29, 0.717) is 18.8 Å². The molecule has 0 aliphatic carbocycles. The fourth-order valence-electron chi connectivity index (χ4n) is 1.28. The fourth-order valence-corrected chi connectivity index (χ4v) is 1.88. The number of rotatable bonds is 7. The minimum absolute atomic E-state index is 0.0336. The maximum absolute atomic E-state index is 11.4. The normalized spacial score (nSPS) is 10.0. The first-order chi connectivity index (χ1) is 8.26. The third-order valence-corrected chi connectivity index (χ3v) is 3.11. The van der Waals surface area contributed by atoms with E-state index in [-0.39, 0.29) is 5.91 Å². The summed E-state index contributed by atoms with van der Waals surface area (Å²) in [7, 11) is 1.63. The van der Waals surface area contributed by atoms with Crippen LogP contribution in [0.5, 0.6) is 5.75 Å². The van der Waals surface area contributed by atoms with Crippen LogP contribution in [0.4, 0.5) is 0 Å². The summed E-state index contributed by atoms with van der Waals surface area (Å²) in [5.74, 6) is 2.11. The maximum atomic E-state index is 11.4. The third kappa shape index (κ3) is 5.60. The van der Waals surface area contributed by atoms with Gasteiger partial charge < -0.3 is 15.8 Å². The second-order valence-electron chi connectivity index (χ2n) is 3.47. The van der Waals surface area contributed by atoms with Crippen LogP contribution in [0.2, 0.25) is 0 Å². The van der Waals surface area contributed by atoms with Gasteiger partial charge in [-0.25, -0.2) is 0 Å². The van der Waals surface area contributed by atoms with Gasteiger partial charge in [-0.15, -0.1) is 0 Å². The first-order valence-corrected chi connectivity index (χ1v) is 6.59. The summed E-state index contributed by atoms with van der Waals surface area (Å²) in [6.07, 6.45) is 0. The zero-order chi connectivity index (χ0) is 12.5. The van der Waals surface area contributed by atoms with Crippen LogP contribution in [0.1, 0.15) is 5.56 Å². The van der Waals surface area contributed by atoms with E-state index in [1.807, 2.05) is 24.3 Å². The molecule has 0 radical (unpaired) electrons. The zero-order valence-electron chi connectivity index (χ0n) is 9.94. The second kappa shape index (κ2) is 7.97. The molecule has 3 N–H and O–H groups in total. The Kier molecular flexibility index (Phi) is 6.50. The lowest BCUT2D eigenvalue weighted by Crippen LogP contribution is -2.25. The van der Waals surface area contributed by atoms with Gasteiger partial charge in [0, 0.05) is 18.8 Å². The Hall–Kier alpha value is -1.20. The monoisotopic (exact) mass is 254 g/mol. The molecule has 1 aromatic carbocycles. The van der Waals surface area contributed by atoms with Crippen molar-refractivity contribution in [2.24, 2.45) is 5.73 Å². The molecule has 1 aromatic rings. The van der Waals surface area contributed by atoms with Crippen LogP contribution in [0, 0.1) is 0 Å². The van der Waals surface area contributed by atoms with E-state index < -0.39 is 0 Å². The van der Waals surface area contributed by atoms with E-state index in [0.717, 1.165) is 17.1 Å². The number of carbonyl (C=O) groups is 1. The largest absolute Gasteiger partial charge is 0.497 e. The molecule has 0 aliphatic heterocycles. The molecule has 0 aromatic heterocycles. The Balaban J connectivity index is 2.31. The van der Waals surface area contributed by atoms with Gasteiger partial charge in [0.25, 0.3) is 0 Å². The first kappa shape index (κ1) is 13.9. The van der Waals surface area contributed by atoms with Crippen LogP contribution in [-0.4, -0.2) is 31.1 Å². The molecular weight excluding hydrogens is 236 g/mol. The van der Waals surface area contributed by atoms with Crippen molar-refractivity contribution in [2.75, 3.05) is 25.2 Å². The second-order valence-corrected chi connectivity index (χ2v) is 4.57. The molecule has 0 heterocycles. The predicted molar refractivity (Wildman–Crippen MR) is 71.2 cm³/mol. The van der Waals surface area contributed by atoms with E-state index in [1.54, 1.807) is 18.9 Å². The highest BCUT2D eigenvalue weighted by molar-refractivity contribution is 7.99. The lowest BCUT2D eigenvalue weighted by Gasteiger charge is -2.06. The van der Waals surface area contributed by atoms with E-state index >= 15 is 0 Å². The summed E-state index contributed by atoms with van der Waals surface area (Å²) < 4.78 is 5.11. The van der Waals surface area contributed by atoms with Crippen molar-refractivity contribution < 1.29 is 9.53 Å². The summed E-state index contributed by atoms with van der Waals surface area (Å²) in [6.45, 7) is 1.13. The molecule has 0 fully saturated rings. The van der Waals surface area contributed by atoms with Crippen molar-refractivity contribution in [3.05, 3.63) is 29.8 Å². The standard InChI is InChI=1S/C12H18N2O2S/c1-16-11-4-2-3-10(7-11)8-14-12(15)9-17-6-5-13/h2-4,7H,5-6,8-9,13H2,1H3,(H,14,15). The quantitative estimate of drug-likeness (QED) is 0.713. The molecule has 0 unspecified atom stereocenters. The Morgan fingerprint density at radius 1 is 1.53 bits per heavy atom. The molecule has 0 saturated heterocycles. The van der Waals surface area contributed by atoms with Gasteiger partial charge in [-0.3, -0.25) is 4.79 Å². The SMILES string of the molecule is COc1cccc(CNC(=O)CSCCN)c1. The molecule has 0 atom stereocenters. The summed E-state index contributed by atoms with van der Waals surface area (Å²) in [5.41, 5.74) is 6.37. The highest BCUT2D eigenvalue weighted by atomic mass is 32.2. The third-order valence-electron chi connectivity index (χ3n) is 2.12. The minimum atomic E-state index is 0.0336.